The SMILES string of the molecule is C[C@@H]1CCC[C@H](C)N1c1nnc2ccc(O[C@@H]3CC[C@H](NC(=O)Nc4cc(C(C)(C)C)nn4-c4ccc(Cl)c(CCO)c4)c4ccccc43)cn12. The molecule has 0 radical (unpaired) electrons. The van der Waals surface area contributed by atoms with Gasteiger partial charge in [0.25, 0.3) is 0 Å². The van der Waals surface area contributed by atoms with Crippen LogP contribution in [0.3, 0.4) is 0 Å². The van der Waals surface area contributed by atoms with Gasteiger partial charge in [0.2, 0.25) is 5.95 Å². The Morgan fingerprint density at radius 2 is 1.75 bits per heavy atom. The third-order valence-electron chi connectivity index (χ3n) is 10.2. The van der Waals surface area contributed by atoms with Crippen molar-refractivity contribution in [3.05, 3.63) is 94.3 Å². The van der Waals surface area contributed by atoms with Crippen molar-refractivity contribution in [2.75, 3.05) is 16.8 Å². The van der Waals surface area contributed by atoms with E-state index in [4.69, 9.17) is 21.4 Å². The van der Waals surface area contributed by atoms with Gasteiger partial charge in [-0.05, 0) is 99.4 Å². The molecule has 4 atom stereocenters. The van der Waals surface area contributed by atoms with E-state index in [0.717, 1.165) is 64.7 Å². The van der Waals surface area contributed by atoms with Crippen molar-refractivity contribution in [2.45, 2.75) is 103 Å². The number of rotatable bonds is 8. The Kier molecular flexibility index (Phi) is 9.69. The number of urea groups is 1. The molecule has 4 heterocycles. The van der Waals surface area contributed by atoms with Crippen molar-refractivity contribution < 1.29 is 14.6 Å². The second kappa shape index (κ2) is 14.2. The van der Waals surface area contributed by atoms with Crippen LogP contribution in [-0.4, -0.2) is 54.2 Å². The number of amides is 2. The molecule has 2 amide bonds. The highest BCUT2D eigenvalue weighted by Crippen LogP contribution is 2.39. The maximum atomic E-state index is 13.7. The van der Waals surface area contributed by atoms with Gasteiger partial charge in [-0.3, -0.25) is 9.72 Å². The van der Waals surface area contributed by atoms with E-state index in [-0.39, 0.29) is 30.2 Å². The van der Waals surface area contributed by atoms with E-state index < -0.39 is 0 Å². The molecule has 1 fully saturated rings. The Morgan fingerprint density at radius 1 is 0.980 bits per heavy atom. The van der Waals surface area contributed by atoms with Crippen LogP contribution in [0.25, 0.3) is 11.3 Å². The first-order valence-electron chi connectivity index (χ1n) is 18.0. The van der Waals surface area contributed by atoms with Crippen LogP contribution in [0.2, 0.25) is 5.02 Å². The van der Waals surface area contributed by atoms with E-state index >= 15 is 0 Å². The molecule has 3 aromatic heterocycles. The Hall–Kier alpha value is -4.61. The van der Waals surface area contributed by atoms with Gasteiger partial charge >= 0.3 is 6.03 Å². The predicted octanol–water partition coefficient (Wildman–Crippen LogP) is 7.94. The molecule has 1 aliphatic carbocycles. The molecule has 0 saturated carbocycles. The van der Waals surface area contributed by atoms with Gasteiger partial charge in [0.1, 0.15) is 17.7 Å². The molecule has 0 spiro atoms. The molecule has 2 aromatic carbocycles. The number of hydrogen-bond acceptors (Lipinski definition) is 7. The first kappa shape index (κ1) is 34.8. The van der Waals surface area contributed by atoms with Gasteiger partial charge in [-0.2, -0.15) is 5.10 Å². The Balaban J connectivity index is 1.10. The molecule has 5 aromatic rings. The molecule has 1 saturated heterocycles. The van der Waals surface area contributed by atoms with E-state index in [0.29, 0.717) is 35.8 Å². The fourth-order valence-electron chi connectivity index (χ4n) is 7.46. The van der Waals surface area contributed by atoms with E-state index in [9.17, 15) is 9.90 Å². The van der Waals surface area contributed by atoms with E-state index in [1.807, 2.05) is 53.1 Å². The molecule has 2 aliphatic rings. The lowest BCUT2D eigenvalue weighted by Gasteiger charge is -2.39. The summed E-state index contributed by atoms with van der Waals surface area (Å²) in [4.78, 5) is 16.0. The first-order valence-corrected chi connectivity index (χ1v) is 18.3. The van der Waals surface area contributed by atoms with Crippen molar-refractivity contribution in [2.24, 2.45) is 0 Å². The second-order valence-corrected chi connectivity index (χ2v) is 15.3. The number of hydrogen-bond donors (Lipinski definition) is 3. The Bertz CT molecular complexity index is 2020. The predicted molar refractivity (Wildman–Crippen MR) is 200 cm³/mol. The van der Waals surface area contributed by atoms with Crippen LogP contribution >= 0.6 is 11.6 Å². The summed E-state index contributed by atoms with van der Waals surface area (Å²) in [6.07, 6.45) is 7.16. The van der Waals surface area contributed by atoms with Crippen LogP contribution in [0, 0.1) is 0 Å². The zero-order valence-electron chi connectivity index (χ0n) is 29.9. The minimum atomic E-state index is -0.327. The maximum Gasteiger partial charge on any atom is 0.320 e. The fraction of sp³-hybridized carbons (Fsp3) is 0.436. The number of aliphatic hydroxyl groups is 1. The number of aromatic nitrogens is 5. The van der Waals surface area contributed by atoms with E-state index in [2.05, 4.69) is 72.5 Å². The molecule has 7 rings (SSSR count). The second-order valence-electron chi connectivity index (χ2n) is 14.9. The van der Waals surface area contributed by atoms with Crippen molar-refractivity contribution >= 4 is 35.0 Å². The number of pyridine rings is 1. The zero-order valence-corrected chi connectivity index (χ0v) is 30.7. The van der Waals surface area contributed by atoms with Crippen LogP contribution < -0.4 is 20.3 Å². The Morgan fingerprint density at radius 3 is 2.49 bits per heavy atom. The van der Waals surface area contributed by atoms with E-state index in [1.165, 1.54) is 6.42 Å². The van der Waals surface area contributed by atoms with Crippen molar-refractivity contribution in [3.63, 3.8) is 0 Å². The quantitative estimate of drug-likeness (QED) is 0.149. The largest absolute Gasteiger partial charge is 0.484 e. The smallest absolute Gasteiger partial charge is 0.320 e. The van der Waals surface area contributed by atoms with Crippen LogP contribution in [0.5, 0.6) is 5.75 Å². The summed E-state index contributed by atoms with van der Waals surface area (Å²) in [6.45, 7) is 10.7. The zero-order chi connectivity index (χ0) is 35.9. The van der Waals surface area contributed by atoms with Crippen LogP contribution in [0.4, 0.5) is 16.6 Å². The van der Waals surface area contributed by atoms with Gasteiger partial charge in [0.15, 0.2) is 5.65 Å². The highest BCUT2D eigenvalue weighted by Gasteiger charge is 2.31. The number of fused-ring (bicyclic) bond motifs is 2. The number of carbonyl (C=O) groups is 1. The van der Waals surface area contributed by atoms with Gasteiger partial charge in [-0.25, -0.2) is 9.48 Å². The number of ether oxygens (including phenoxy) is 1. The standard InChI is InChI=1S/C39H47ClN8O3/c1-24-9-8-10-25(2)47(24)38-44-43-35-18-14-28(23-46(35)38)51-33-17-16-32(29-11-6-7-12-30(29)33)41-37(50)42-36-22-34(39(3,4)5)45-48(36)27-13-15-31(40)26(21-27)19-20-49/h6-7,11-15,18,21-25,32-33,49H,8-10,16-17,19-20H2,1-5H3,(H2,41,42,50)/t24-,25+,32-,33+/m0/s1. The molecule has 268 valence electrons. The van der Waals surface area contributed by atoms with Gasteiger partial charge in [0, 0.05) is 35.2 Å². The highest BCUT2D eigenvalue weighted by atomic mass is 35.5. The molecule has 51 heavy (non-hydrogen) atoms. The average molecular weight is 711 g/mol. The Labute approximate surface area is 304 Å². The maximum absolute atomic E-state index is 13.7. The third kappa shape index (κ3) is 7.14. The lowest BCUT2D eigenvalue weighted by Crippen LogP contribution is -2.44. The average Bonchev–Trinajstić information content (AvgIpc) is 3.71. The minimum absolute atomic E-state index is 0.0204. The number of carbonyl (C=O) groups excluding carboxylic acids is 1. The lowest BCUT2D eigenvalue weighted by atomic mass is 9.85. The number of piperidine rings is 1. The molecule has 3 N–H and O–H groups in total. The minimum Gasteiger partial charge on any atom is -0.484 e. The number of benzene rings is 2. The number of aliphatic hydroxyl groups excluding tert-OH is 1. The molecule has 0 unspecified atom stereocenters. The number of anilines is 2. The van der Waals surface area contributed by atoms with Crippen molar-refractivity contribution in [3.8, 4) is 11.4 Å². The van der Waals surface area contributed by atoms with Crippen molar-refractivity contribution in [1.29, 1.82) is 0 Å². The van der Waals surface area contributed by atoms with Crippen LogP contribution in [-0.2, 0) is 11.8 Å². The van der Waals surface area contributed by atoms with Gasteiger partial charge < -0.3 is 20.1 Å². The molecule has 12 heteroatoms. The van der Waals surface area contributed by atoms with Crippen molar-refractivity contribution in [1.82, 2.24) is 29.7 Å². The summed E-state index contributed by atoms with van der Waals surface area (Å²) < 4.78 is 10.4. The summed E-state index contributed by atoms with van der Waals surface area (Å²) in [7, 11) is 0. The summed E-state index contributed by atoms with van der Waals surface area (Å²) in [6, 6.07) is 19.8. The highest BCUT2D eigenvalue weighted by molar-refractivity contribution is 6.31. The topological polar surface area (TPSA) is 122 Å². The molecule has 0 bridgehead atoms. The number of nitrogens with zero attached hydrogens (tertiary/aromatic N) is 6. The fourth-order valence-corrected chi connectivity index (χ4v) is 7.67. The number of halogens is 1. The first-order chi connectivity index (χ1) is 24.5. The number of nitrogens with one attached hydrogen (secondary N) is 2. The summed E-state index contributed by atoms with van der Waals surface area (Å²) in [5, 5.41) is 30.3. The van der Waals surface area contributed by atoms with E-state index in [1.54, 1.807) is 10.7 Å². The van der Waals surface area contributed by atoms with Gasteiger partial charge in [-0.15, -0.1) is 10.2 Å². The van der Waals surface area contributed by atoms with Crippen LogP contribution in [0.15, 0.2) is 66.9 Å². The van der Waals surface area contributed by atoms with Gasteiger partial charge in [0.05, 0.1) is 23.6 Å². The van der Waals surface area contributed by atoms with Crippen LogP contribution in [0.1, 0.15) is 101 Å². The normalized spacial score (nSPS) is 20.6. The molecular weight excluding hydrogens is 664 g/mol. The summed E-state index contributed by atoms with van der Waals surface area (Å²) >= 11 is 6.40. The lowest BCUT2D eigenvalue weighted by molar-refractivity contribution is 0.171. The molecule has 1 aliphatic heterocycles. The third-order valence-corrected chi connectivity index (χ3v) is 10.5. The summed E-state index contributed by atoms with van der Waals surface area (Å²) in [5.74, 6) is 2.14. The van der Waals surface area contributed by atoms with Gasteiger partial charge in [-0.1, -0.05) is 56.6 Å². The summed E-state index contributed by atoms with van der Waals surface area (Å²) in [5.41, 5.74) is 5.00. The molecule has 11 nitrogen and oxygen atoms in total. The monoisotopic (exact) mass is 710 g/mol. The molecular formula is C39H47ClN8O3.